The molecule has 4 aromatic rings. The third kappa shape index (κ3) is 4.02. The summed E-state index contributed by atoms with van der Waals surface area (Å²) in [4.78, 5) is 12.8. The zero-order chi connectivity index (χ0) is 23.9. The predicted molar refractivity (Wildman–Crippen MR) is 123 cm³/mol. The molecule has 0 spiro atoms. The first-order valence-corrected chi connectivity index (χ1v) is 10.3. The lowest BCUT2D eigenvalue weighted by atomic mass is 9.94. The summed E-state index contributed by atoms with van der Waals surface area (Å²) in [6.07, 6.45) is 3.12. The number of aromatic nitrogens is 5. The van der Waals surface area contributed by atoms with Crippen LogP contribution in [0.2, 0.25) is 0 Å². The van der Waals surface area contributed by atoms with Gasteiger partial charge in [-0.1, -0.05) is 0 Å². The van der Waals surface area contributed by atoms with Gasteiger partial charge in [0.15, 0.2) is 5.82 Å². The molecular formula is C23H24N8O2. The second-order valence-corrected chi connectivity index (χ2v) is 8.36. The molecule has 0 bridgehead atoms. The van der Waals surface area contributed by atoms with Crippen molar-refractivity contribution in [1.82, 2.24) is 24.6 Å². The first-order valence-electron chi connectivity index (χ1n) is 10.3. The van der Waals surface area contributed by atoms with E-state index in [0.717, 1.165) is 16.6 Å². The van der Waals surface area contributed by atoms with Crippen LogP contribution >= 0.6 is 0 Å². The molecule has 1 aromatic carbocycles. The molecule has 0 aliphatic heterocycles. The van der Waals surface area contributed by atoms with Gasteiger partial charge in [0.1, 0.15) is 35.3 Å². The summed E-state index contributed by atoms with van der Waals surface area (Å²) >= 11 is 0. The van der Waals surface area contributed by atoms with Crippen molar-refractivity contribution < 1.29 is 10.2 Å². The van der Waals surface area contributed by atoms with E-state index in [9.17, 15) is 15.5 Å². The average molecular weight is 444 g/mol. The van der Waals surface area contributed by atoms with Crippen LogP contribution in [0.25, 0.3) is 16.8 Å². The lowest BCUT2D eigenvalue weighted by Crippen LogP contribution is -2.17. The van der Waals surface area contributed by atoms with Gasteiger partial charge in [0.05, 0.1) is 22.9 Å². The Hall–Kier alpha value is -4.23. The van der Waals surface area contributed by atoms with Gasteiger partial charge in [0.2, 0.25) is 0 Å². The molecule has 3 heterocycles. The Labute approximate surface area is 190 Å². The van der Waals surface area contributed by atoms with E-state index in [1.54, 1.807) is 36.6 Å². The van der Waals surface area contributed by atoms with Crippen molar-refractivity contribution in [3.63, 3.8) is 0 Å². The maximum Gasteiger partial charge on any atom is 0.171 e. The van der Waals surface area contributed by atoms with Crippen LogP contribution in [0.15, 0.2) is 36.8 Å². The van der Waals surface area contributed by atoms with Crippen molar-refractivity contribution in [3.05, 3.63) is 59.3 Å². The summed E-state index contributed by atoms with van der Waals surface area (Å²) in [5.74, 6) is 0.833. The molecule has 10 nitrogen and oxygen atoms in total. The second kappa shape index (κ2) is 8.03. The number of nitriles is 1. The normalized spacial score (nSPS) is 12.5. The quantitative estimate of drug-likeness (QED) is 0.363. The third-order valence-electron chi connectivity index (χ3n) is 5.39. The summed E-state index contributed by atoms with van der Waals surface area (Å²) in [6, 6.07) is 8.54. The molecule has 10 heteroatoms. The van der Waals surface area contributed by atoms with Gasteiger partial charge in [-0.25, -0.2) is 19.5 Å². The molecule has 1 atom stereocenters. The number of nitrogens with two attached hydrogens (primary N) is 1. The fourth-order valence-corrected chi connectivity index (χ4v) is 3.64. The SMILES string of the molecule is Cc1ccn2nc(C(C)Nc3ncnc(N)c3C#N)nc(-c3ccc(O)c(C(C)(C)O)c3)c12. The van der Waals surface area contributed by atoms with Gasteiger partial charge in [0, 0.05) is 17.3 Å². The number of nitrogens with one attached hydrogen (secondary N) is 1. The molecule has 168 valence electrons. The number of hydrogen-bond acceptors (Lipinski definition) is 9. The lowest BCUT2D eigenvalue weighted by Gasteiger charge is -2.21. The number of nitrogen functional groups attached to an aromatic ring is 1. The number of aliphatic hydroxyl groups is 1. The number of benzene rings is 1. The molecule has 33 heavy (non-hydrogen) atoms. The van der Waals surface area contributed by atoms with Gasteiger partial charge in [-0.2, -0.15) is 10.4 Å². The molecule has 5 N–H and O–H groups in total. The number of hydrogen-bond donors (Lipinski definition) is 4. The van der Waals surface area contributed by atoms with E-state index >= 15 is 0 Å². The van der Waals surface area contributed by atoms with Crippen molar-refractivity contribution in [3.8, 4) is 23.1 Å². The molecule has 4 rings (SSSR count). The minimum atomic E-state index is -1.24. The van der Waals surface area contributed by atoms with Crippen LogP contribution in [-0.2, 0) is 5.60 Å². The van der Waals surface area contributed by atoms with Crippen LogP contribution in [-0.4, -0.2) is 34.8 Å². The number of aryl methyl sites for hydroxylation is 1. The standard InChI is InChI=1S/C23H24N8O2/c1-12-7-8-31-19(12)18(14-5-6-17(32)16(9-14)23(3,4)33)29-21(30-31)13(2)28-22-15(10-24)20(25)26-11-27-22/h5-9,11,13,32-33H,1-4H3,(H3,25,26,27,28). The number of rotatable bonds is 5. The van der Waals surface area contributed by atoms with Gasteiger partial charge in [0.25, 0.3) is 0 Å². The molecule has 0 saturated carbocycles. The molecule has 0 fully saturated rings. The zero-order valence-corrected chi connectivity index (χ0v) is 18.7. The Bertz CT molecular complexity index is 1400. The molecule has 0 amide bonds. The van der Waals surface area contributed by atoms with Crippen LogP contribution in [0.4, 0.5) is 11.6 Å². The Morgan fingerprint density at radius 1 is 1.24 bits per heavy atom. The number of fused-ring (bicyclic) bond motifs is 1. The van der Waals surface area contributed by atoms with Crippen molar-refractivity contribution in [2.75, 3.05) is 11.1 Å². The summed E-state index contributed by atoms with van der Waals surface area (Å²) in [6.45, 7) is 7.03. The van der Waals surface area contributed by atoms with Gasteiger partial charge in [-0.3, -0.25) is 0 Å². The first kappa shape index (κ1) is 22.0. The molecule has 0 saturated heterocycles. The van der Waals surface area contributed by atoms with Gasteiger partial charge < -0.3 is 21.3 Å². The zero-order valence-electron chi connectivity index (χ0n) is 18.7. The van der Waals surface area contributed by atoms with Crippen molar-refractivity contribution in [2.24, 2.45) is 0 Å². The van der Waals surface area contributed by atoms with Gasteiger partial charge in [-0.05, 0) is 57.5 Å². The van der Waals surface area contributed by atoms with Crippen LogP contribution < -0.4 is 11.1 Å². The summed E-state index contributed by atoms with van der Waals surface area (Å²) in [5.41, 5.74) is 8.25. The lowest BCUT2D eigenvalue weighted by molar-refractivity contribution is 0.0759. The molecule has 1 unspecified atom stereocenters. The van der Waals surface area contributed by atoms with E-state index in [1.807, 2.05) is 32.2 Å². The average Bonchev–Trinajstić information content (AvgIpc) is 3.13. The Kier molecular flexibility index (Phi) is 5.35. The highest BCUT2D eigenvalue weighted by Gasteiger charge is 2.23. The maximum atomic E-state index is 10.5. The third-order valence-corrected chi connectivity index (χ3v) is 5.39. The van der Waals surface area contributed by atoms with Crippen LogP contribution in [0, 0.1) is 18.3 Å². The number of phenolic OH excluding ortho intramolecular Hbond substituents is 1. The smallest absolute Gasteiger partial charge is 0.171 e. The Morgan fingerprint density at radius 3 is 2.70 bits per heavy atom. The number of phenols is 1. The van der Waals surface area contributed by atoms with Crippen LogP contribution in [0.5, 0.6) is 5.75 Å². The maximum absolute atomic E-state index is 10.5. The molecular weight excluding hydrogens is 420 g/mol. The Morgan fingerprint density at radius 2 is 2.00 bits per heavy atom. The topological polar surface area (TPSA) is 158 Å². The molecule has 0 aliphatic rings. The van der Waals surface area contributed by atoms with Crippen molar-refractivity contribution in [1.29, 1.82) is 5.26 Å². The highest BCUT2D eigenvalue weighted by molar-refractivity contribution is 5.80. The van der Waals surface area contributed by atoms with E-state index in [1.165, 1.54) is 6.33 Å². The minimum absolute atomic E-state index is 0.00377. The summed E-state index contributed by atoms with van der Waals surface area (Å²) < 4.78 is 1.74. The van der Waals surface area contributed by atoms with Crippen LogP contribution in [0.3, 0.4) is 0 Å². The first-order chi connectivity index (χ1) is 15.6. The minimum Gasteiger partial charge on any atom is -0.508 e. The number of nitrogens with zero attached hydrogens (tertiary/aromatic N) is 6. The highest BCUT2D eigenvalue weighted by Crippen LogP contribution is 2.35. The van der Waals surface area contributed by atoms with E-state index in [0.29, 0.717) is 22.9 Å². The van der Waals surface area contributed by atoms with Gasteiger partial charge >= 0.3 is 0 Å². The largest absolute Gasteiger partial charge is 0.508 e. The second-order valence-electron chi connectivity index (χ2n) is 8.36. The van der Waals surface area contributed by atoms with Crippen LogP contribution in [0.1, 0.15) is 49.3 Å². The van der Waals surface area contributed by atoms with E-state index in [-0.39, 0.29) is 17.1 Å². The van der Waals surface area contributed by atoms with E-state index in [4.69, 9.17) is 10.7 Å². The molecule has 0 aliphatic carbocycles. The monoisotopic (exact) mass is 444 g/mol. The van der Waals surface area contributed by atoms with E-state index < -0.39 is 11.6 Å². The number of anilines is 2. The number of aromatic hydroxyl groups is 1. The van der Waals surface area contributed by atoms with E-state index in [2.05, 4.69) is 20.4 Å². The fourth-order valence-electron chi connectivity index (χ4n) is 3.64. The summed E-state index contributed by atoms with van der Waals surface area (Å²) in [5, 5.41) is 37.9. The summed E-state index contributed by atoms with van der Waals surface area (Å²) in [7, 11) is 0. The fraction of sp³-hybridized carbons (Fsp3) is 0.261. The highest BCUT2D eigenvalue weighted by atomic mass is 16.3. The van der Waals surface area contributed by atoms with Crippen molar-refractivity contribution in [2.45, 2.75) is 39.3 Å². The van der Waals surface area contributed by atoms with Crippen molar-refractivity contribution >= 4 is 17.2 Å². The Balaban J connectivity index is 1.84. The predicted octanol–water partition coefficient (Wildman–Crippen LogP) is 3.05. The van der Waals surface area contributed by atoms with Gasteiger partial charge in [-0.15, -0.1) is 0 Å². The molecule has 3 aromatic heterocycles. The molecule has 0 radical (unpaired) electrons.